The summed E-state index contributed by atoms with van der Waals surface area (Å²) in [5.41, 5.74) is 3.14. The van der Waals surface area contributed by atoms with Crippen molar-refractivity contribution in [3.8, 4) is 22.5 Å². The van der Waals surface area contributed by atoms with E-state index in [4.69, 9.17) is 4.42 Å². The van der Waals surface area contributed by atoms with E-state index in [9.17, 15) is 9.18 Å². The summed E-state index contributed by atoms with van der Waals surface area (Å²) in [7, 11) is 0. The first-order valence-corrected chi connectivity index (χ1v) is 12.1. The molecule has 2 aromatic heterocycles. The zero-order valence-corrected chi connectivity index (χ0v) is 21.4. The quantitative estimate of drug-likeness (QED) is 0.244. The molecule has 4 aromatic rings. The van der Waals surface area contributed by atoms with E-state index in [-0.39, 0.29) is 17.3 Å². The SMILES string of the molecule is C/C=C\C=C/CC(C)(C)NC(=O)c1cccc(-c2cnc3oc(-c4ccc(F)cc4)c(Br)c3c2)c1. The minimum atomic E-state index is -0.385. The van der Waals surface area contributed by atoms with Crippen molar-refractivity contribution in [3.63, 3.8) is 0 Å². The van der Waals surface area contributed by atoms with Crippen LogP contribution in [0.5, 0.6) is 0 Å². The number of benzene rings is 2. The van der Waals surface area contributed by atoms with Gasteiger partial charge in [0.1, 0.15) is 5.82 Å². The van der Waals surface area contributed by atoms with Crippen LogP contribution in [0, 0.1) is 5.82 Å². The first kappa shape index (κ1) is 24.6. The van der Waals surface area contributed by atoms with Crippen LogP contribution in [0.3, 0.4) is 0 Å². The molecule has 0 fully saturated rings. The normalized spacial score (nSPS) is 12.1. The molecule has 0 radical (unpaired) electrons. The Balaban J connectivity index is 1.59. The van der Waals surface area contributed by atoms with Gasteiger partial charge in [0.2, 0.25) is 5.71 Å². The Morgan fingerprint density at radius 3 is 2.60 bits per heavy atom. The summed E-state index contributed by atoms with van der Waals surface area (Å²) in [6.45, 7) is 5.97. The molecule has 2 aromatic carbocycles. The maximum atomic E-state index is 13.3. The number of pyridine rings is 1. The number of hydrogen-bond acceptors (Lipinski definition) is 3. The monoisotopic (exact) mass is 532 g/mol. The first-order valence-electron chi connectivity index (χ1n) is 11.3. The zero-order valence-electron chi connectivity index (χ0n) is 19.8. The highest BCUT2D eigenvalue weighted by atomic mass is 79.9. The zero-order chi connectivity index (χ0) is 25.0. The van der Waals surface area contributed by atoms with Gasteiger partial charge in [0.05, 0.1) is 9.86 Å². The molecule has 178 valence electrons. The Labute approximate surface area is 212 Å². The van der Waals surface area contributed by atoms with Crippen molar-refractivity contribution < 1.29 is 13.6 Å². The van der Waals surface area contributed by atoms with Gasteiger partial charge in [-0.15, -0.1) is 0 Å². The van der Waals surface area contributed by atoms with Gasteiger partial charge in [-0.2, -0.15) is 0 Å². The van der Waals surface area contributed by atoms with E-state index >= 15 is 0 Å². The molecule has 0 bridgehead atoms. The number of fused-ring (bicyclic) bond motifs is 1. The van der Waals surface area contributed by atoms with Gasteiger partial charge >= 0.3 is 0 Å². The fourth-order valence-electron chi connectivity index (χ4n) is 3.72. The average Bonchev–Trinajstić information content (AvgIpc) is 3.18. The second kappa shape index (κ2) is 10.4. The summed E-state index contributed by atoms with van der Waals surface area (Å²) in [4.78, 5) is 17.4. The van der Waals surface area contributed by atoms with Gasteiger partial charge in [-0.3, -0.25) is 4.79 Å². The van der Waals surface area contributed by atoms with Crippen LogP contribution < -0.4 is 5.32 Å². The summed E-state index contributed by atoms with van der Waals surface area (Å²) in [5.74, 6) is 0.149. The lowest BCUT2D eigenvalue weighted by atomic mass is 9.98. The summed E-state index contributed by atoms with van der Waals surface area (Å²) in [6.07, 6.45) is 10.4. The van der Waals surface area contributed by atoms with E-state index in [0.29, 0.717) is 23.5 Å². The van der Waals surface area contributed by atoms with Crippen LogP contribution in [0.15, 0.2) is 94.0 Å². The fraction of sp³-hybridized carbons (Fsp3) is 0.172. The molecule has 1 amide bonds. The smallest absolute Gasteiger partial charge is 0.251 e. The average molecular weight is 533 g/mol. The molecule has 0 saturated heterocycles. The van der Waals surface area contributed by atoms with Crippen LogP contribution in [0.4, 0.5) is 4.39 Å². The van der Waals surface area contributed by atoms with Crippen molar-refractivity contribution in [3.05, 3.63) is 101 Å². The van der Waals surface area contributed by atoms with Gasteiger partial charge in [-0.05, 0) is 91.1 Å². The first-order chi connectivity index (χ1) is 16.8. The third-order valence-corrected chi connectivity index (χ3v) is 6.36. The van der Waals surface area contributed by atoms with Gasteiger partial charge in [0.15, 0.2) is 5.76 Å². The van der Waals surface area contributed by atoms with Crippen molar-refractivity contribution in [1.82, 2.24) is 10.3 Å². The predicted molar refractivity (Wildman–Crippen MR) is 143 cm³/mol. The van der Waals surface area contributed by atoms with Crippen molar-refractivity contribution in [1.29, 1.82) is 0 Å². The molecule has 2 heterocycles. The lowest BCUT2D eigenvalue weighted by Gasteiger charge is -2.25. The van der Waals surface area contributed by atoms with Crippen molar-refractivity contribution in [2.75, 3.05) is 0 Å². The number of halogens is 2. The predicted octanol–water partition coefficient (Wildman–Crippen LogP) is 8.09. The fourth-order valence-corrected chi connectivity index (χ4v) is 4.32. The Kier molecular flexibility index (Phi) is 7.31. The summed E-state index contributed by atoms with van der Waals surface area (Å²) in [6, 6.07) is 15.6. The molecule has 0 saturated carbocycles. The molecule has 0 spiro atoms. The molecule has 4 rings (SSSR count). The highest BCUT2D eigenvalue weighted by Crippen LogP contribution is 2.38. The number of rotatable bonds is 7. The number of furan rings is 1. The maximum Gasteiger partial charge on any atom is 0.251 e. The molecule has 35 heavy (non-hydrogen) atoms. The summed E-state index contributed by atoms with van der Waals surface area (Å²) in [5, 5.41) is 3.91. The second-order valence-corrected chi connectivity index (χ2v) is 9.70. The highest BCUT2D eigenvalue weighted by Gasteiger charge is 2.20. The Morgan fingerprint density at radius 1 is 1.09 bits per heavy atom. The van der Waals surface area contributed by atoms with Crippen LogP contribution in [0.1, 0.15) is 37.6 Å². The molecule has 4 nitrogen and oxygen atoms in total. The van der Waals surface area contributed by atoms with Crippen LogP contribution in [-0.2, 0) is 0 Å². The molecule has 0 atom stereocenters. The minimum absolute atomic E-state index is 0.131. The van der Waals surface area contributed by atoms with Crippen molar-refractivity contribution >= 4 is 32.9 Å². The standard InChI is InChI=1S/C29H26BrFN2O2/c1-4-5-6-7-15-29(2,3)33-27(34)21-10-8-9-20(16-21)22-17-24-25(30)26(35-28(24)32-18-22)19-11-13-23(31)14-12-19/h4-14,16-18H,15H2,1-3H3,(H,33,34)/b5-4-,7-6-. The number of nitrogens with zero attached hydrogens (tertiary/aromatic N) is 1. The summed E-state index contributed by atoms with van der Waals surface area (Å²) < 4.78 is 20.0. The van der Waals surface area contributed by atoms with Crippen molar-refractivity contribution in [2.45, 2.75) is 32.7 Å². The van der Waals surface area contributed by atoms with Crippen LogP contribution in [0.2, 0.25) is 0 Å². The molecule has 1 N–H and O–H groups in total. The van der Waals surface area contributed by atoms with Gasteiger partial charge in [-0.25, -0.2) is 9.37 Å². The van der Waals surface area contributed by atoms with E-state index in [0.717, 1.165) is 26.5 Å². The topological polar surface area (TPSA) is 55.1 Å². The van der Waals surface area contributed by atoms with Crippen LogP contribution in [0.25, 0.3) is 33.6 Å². The minimum Gasteiger partial charge on any atom is -0.436 e. The third kappa shape index (κ3) is 5.77. The maximum absolute atomic E-state index is 13.3. The van der Waals surface area contributed by atoms with Crippen molar-refractivity contribution in [2.24, 2.45) is 0 Å². The van der Waals surface area contributed by atoms with E-state index in [1.807, 2.05) is 69.3 Å². The molecule has 0 aliphatic heterocycles. The van der Waals surface area contributed by atoms with E-state index in [2.05, 4.69) is 26.2 Å². The number of allylic oxidation sites excluding steroid dienone is 3. The Hall–Kier alpha value is -3.51. The lowest BCUT2D eigenvalue weighted by Crippen LogP contribution is -2.43. The van der Waals surface area contributed by atoms with Gasteiger partial charge in [0, 0.05) is 28.4 Å². The Bertz CT molecular complexity index is 1420. The van der Waals surface area contributed by atoms with E-state index in [1.54, 1.807) is 24.4 Å². The number of carbonyl (C=O) groups excluding carboxylic acids is 1. The van der Waals surface area contributed by atoms with Crippen LogP contribution in [-0.4, -0.2) is 16.4 Å². The molecule has 0 unspecified atom stereocenters. The third-order valence-electron chi connectivity index (χ3n) is 5.57. The second-order valence-electron chi connectivity index (χ2n) is 8.91. The van der Waals surface area contributed by atoms with Gasteiger partial charge in [0.25, 0.3) is 5.91 Å². The Morgan fingerprint density at radius 2 is 1.86 bits per heavy atom. The van der Waals surface area contributed by atoms with Crippen LogP contribution >= 0.6 is 15.9 Å². The molecule has 6 heteroatoms. The number of aromatic nitrogens is 1. The molecular weight excluding hydrogens is 507 g/mol. The largest absolute Gasteiger partial charge is 0.436 e. The van der Waals surface area contributed by atoms with Gasteiger partial charge in [-0.1, -0.05) is 36.4 Å². The number of amides is 1. The lowest BCUT2D eigenvalue weighted by molar-refractivity contribution is 0.0914. The molecule has 0 aliphatic carbocycles. The molecular formula is C29H26BrFN2O2. The van der Waals surface area contributed by atoms with Gasteiger partial charge < -0.3 is 9.73 Å². The highest BCUT2D eigenvalue weighted by molar-refractivity contribution is 9.10. The summed E-state index contributed by atoms with van der Waals surface area (Å²) >= 11 is 3.61. The molecule has 0 aliphatic rings. The number of nitrogens with one attached hydrogen (secondary N) is 1. The van der Waals surface area contributed by atoms with E-state index in [1.165, 1.54) is 12.1 Å². The number of carbonyl (C=O) groups is 1. The van der Waals surface area contributed by atoms with E-state index < -0.39 is 0 Å². The number of hydrogen-bond donors (Lipinski definition) is 1.